The molecule has 22 heavy (non-hydrogen) atoms. The Morgan fingerprint density at radius 3 is 2.64 bits per heavy atom. The van der Waals surface area contributed by atoms with E-state index in [1.54, 1.807) is 20.9 Å². The summed E-state index contributed by atoms with van der Waals surface area (Å²) in [5.74, 6) is 0. The Kier molecular flexibility index (Phi) is 5.75. The van der Waals surface area contributed by atoms with Gasteiger partial charge in [-0.15, -0.1) is 11.8 Å². The fourth-order valence-corrected chi connectivity index (χ4v) is 4.05. The van der Waals surface area contributed by atoms with Crippen LogP contribution in [0.25, 0.3) is 0 Å². The number of para-hydroxylation sites is 1. The number of anilines is 1. The molecule has 4 nitrogen and oxygen atoms in total. The van der Waals surface area contributed by atoms with Crippen LogP contribution in [0.3, 0.4) is 0 Å². The largest absolute Gasteiger partial charge is 0.389 e. The first-order valence-corrected chi connectivity index (χ1v) is 8.73. The fourth-order valence-electron chi connectivity index (χ4n) is 2.72. The number of likely N-dealkylation sites (N-methyl/N-ethyl adjacent to an activating group) is 1. The number of rotatable bonds is 5. The lowest BCUT2D eigenvalue weighted by atomic mass is 10.1. The highest BCUT2D eigenvalue weighted by Gasteiger charge is 2.21. The Balaban J connectivity index is 2.01. The summed E-state index contributed by atoms with van der Waals surface area (Å²) in [7, 11) is 1.69. The Bertz CT molecular complexity index is 508. The molecule has 1 saturated carbocycles. The fraction of sp³-hybridized carbons (Fsp3) is 0.588. The average molecular weight is 322 g/mol. The summed E-state index contributed by atoms with van der Waals surface area (Å²) >= 11 is 1.86. The number of urea groups is 1. The number of thioether (sulfide) groups is 1. The second kappa shape index (κ2) is 7.38. The number of hydrogen-bond acceptors (Lipinski definition) is 3. The van der Waals surface area contributed by atoms with E-state index in [4.69, 9.17) is 0 Å². The highest BCUT2D eigenvalue weighted by molar-refractivity contribution is 8.00. The predicted molar refractivity (Wildman–Crippen MR) is 92.5 cm³/mol. The van der Waals surface area contributed by atoms with Crippen LogP contribution >= 0.6 is 11.8 Å². The van der Waals surface area contributed by atoms with Gasteiger partial charge in [0.05, 0.1) is 17.8 Å². The zero-order valence-corrected chi connectivity index (χ0v) is 14.4. The summed E-state index contributed by atoms with van der Waals surface area (Å²) in [6.07, 6.45) is 5.12. The highest BCUT2D eigenvalue weighted by atomic mass is 32.2. The standard InChI is InChI=1S/C17H26N2O2S/c1-17(2,21)12-19(3)16(20)18-14-10-6-7-11-15(14)22-13-8-4-5-9-13/h6-7,10-11,13,21H,4-5,8-9,12H2,1-3H3,(H,18,20). The number of hydrogen-bond donors (Lipinski definition) is 2. The van der Waals surface area contributed by atoms with Gasteiger partial charge >= 0.3 is 6.03 Å². The minimum absolute atomic E-state index is 0.193. The summed E-state index contributed by atoms with van der Waals surface area (Å²) in [5, 5.41) is 13.4. The van der Waals surface area contributed by atoms with Gasteiger partial charge in [0.1, 0.15) is 0 Å². The molecule has 0 aromatic heterocycles. The van der Waals surface area contributed by atoms with Crippen molar-refractivity contribution < 1.29 is 9.90 Å². The summed E-state index contributed by atoms with van der Waals surface area (Å²) in [6.45, 7) is 3.68. The summed E-state index contributed by atoms with van der Waals surface area (Å²) in [4.78, 5) is 14.9. The molecule has 0 atom stereocenters. The molecule has 1 aromatic carbocycles. The van der Waals surface area contributed by atoms with Crippen molar-refractivity contribution in [3.8, 4) is 0 Å². The Labute approximate surface area is 137 Å². The molecule has 0 spiro atoms. The first kappa shape index (κ1) is 17.2. The minimum Gasteiger partial charge on any atom is -0.389 e. The van der Waals surface area contributed by atoms with Gasteiger partial charge in [0, 0.05) is 17.2 Å². The molecule has 0 unspecified atom stereocenters. The van der Waals surface area contributed by atoms with Crippen LogP contribution in [0, 0.1) is 0 Å². The van der Waals surface area contributed by atoms with Gasteiger partial charge in [-0.2, -0.15) is 0 Å². The van der Waals surface area contributed by atoms with Crippen LogP contribution in [0.4, 0.5) is 10.5 Å². The molecule has 2 rings (SSSR count). The topological polar surface area (TPSA) is 52.6 Å². The van der Waals surface area contributed by atoms with Crippen molar-refractivity contribution >= 4 is 23.5 Å². The molecule has 0 saturated heterocycles. The first-order chi connectivity index (χ1) is 10.3. The van der Waals surface area contributed by atoms with E-state index in [9.17, 15) is 9.90 Å². The molecule has 1 fully saturated rings. The van der Waals surface area contributed by atoms with Crippen LogP contribution in [0.1, 0.15) is 39.5 Å². The van der Waals surface area contributed by atoms with Gasteiger partial charge in [0.15, 0.2) is 0 Å². The maximum absolute atomic E-state index is 12.3. The van der Waals surface area contributed by atoms with Gasteiger partial charge in [-0.05, 0) is 38.8 Å². The highest BCUT2D eigenvalue weighted by Crippen LogP contribution is 2.38. The van der Waals surface area contributed by atoms with Crippen LogP contribution in [0.15, 0.2) is 29.2 Å². The van der Waals surface area contributed by atoms with Gasteiger partial charge in [-0.25, -0.2) is 4.79 Å². The lowest BCUT2D eigenvalue weighted by molar-refractivity contribution is 0.0550. The van der Waals surface area contributed by atoms with Crippen LogP contribution in [0.5, 0.6) is 0 Å². The number of amides is 2. The van der Waals surface area contributed by atoms with E-state index in [2.05, 4.69) is 11.4 Å². The smallest absolute Gasteiger partial charge is 0.321 e. The van der Waals surface area contributed by atoms with Gasteiger partial charge in [0.2, 0.25) is 0 Å². The maximum Gasteiger partial charge on any atom is 0.321 e. The Morgan fingerprint density at radius 2 is 2.00 bits per heavy atom. The van der Waals surface area contributed by atoms with E-state index >= 15 is 0 Å². The second-order valence-electron chi connectivity index (χ2n) is 6.62. The number of carbonyl (C=O) groups is 1. The lowest BCUT2D eigenvalue weighted by Gasteiger charge is -2.26. The molecular formula is C17H26N2O2S. The maximum atomic E-state index is 12.3. The van der Waals surface area contributed by atoms with E-state index in [0.717, 1.165) is 10.6 Å². The van der Waals surface area contributed by atoms with Gasteiger partial charge < -0.3 is 15.3 Å². The van der Waals surface area contributed by atoms with Crippen molar-refractivity contribution in [2.24, 2.45) is 0 Å². The van der Waals surface area contributed by atoms with Crippen molar-refractivity contribution in [1.82, 2.24) is 4.90 Å². The number of aliphatic hydroxyl groups is 1. The van der Waals surface area contributed by atoms with Crippen molar-refractivity contribution in [3.05, 3.63) is 24.3 Å². The second-order valence-corrected chi connectivity index (χ2v) is 7.96. The summed E-state index contributed by atoms with van der Waals surface area (Å²) in [5.41, 5.74) is -0.0449. The quantitative estimate of drug-likeness (QED) is 0.863. The normalized spacial score (nSPS) is 15.8. The van der Waals surface area contributed by atoms with E-state index in [-0.39, 0.29) is 12.6 Å². The molecule has 0 bridgehead atoms. The molecule has 1 aliphatic rings. The number of nitrogens with zero attached hydrogens (tertiary/aromatic N) is 1. The predicted octanol–water partition coefficient (Wildman–Crippen LogP) is 3.96. The van der Waals surface area contributed by atoms with Crippen LogP contribution in [0.2, 0.25) is 0 Å². The molecule has 0 radical (unpaired) electrons. The molecule has 2 N–H and O–H groups in total. The number of benzene rings is 1. The van der Waals surface area contributed by atoms with Gasteiger partial charge in [0.25, 0.3) is 0 Å². The van der Waals surface area contributed by atoms with E-state index < -0.39 is 5.60 Å². The zero-order chi connectivity index (χ0) is 16.2. The van der Waals surface area contributed by atoms with Crippen molar-refractivity contribution in [1.29, 1.82) is 0 Å². The first-order valence-electron chi connectivity index (χ1n) is 7.85. The van der Waals surface area contributed by atoms with Crippen LogP contribution in [-0.2, 0) is 0 Å². The molecule has 2 amide bonds. The Hall–Kier alpha value is -1.20. The van der Waals surface area contributed by atoms with Gasteiger partial charge in [-0.1, -0.05) is 25.0 Å². The van der Waals surface area contributed by atoms with Crippen molar-refractivity contribution in [2.75, 3.05) is 18.9 Å². The van der Waals surface area contributed by atoms with E-state index in [1.165, 1.54) is 30.6 Å². The zero-order valence-electron chi connectivity index (χ0n) is 13.6. The van der Waals surface area contributed by atoms with Crippen molar-refractivity contribution in [3.63, 3.8) is 0 Å². The molecule has 5 heteroatoms. The summed E-state index contributed by atoms with van der Waals surface area (Å²) < 4.78 is 0. The molecule has 0 aliphatic heterocycles. The monoisotopic (exact) mass is 322 g/mol. The molecule has 1 aliphatic carbocycles. The van der Waals surface area contributed by atoms with E-state index in [0.29, 0.717) is 5.25 Å². The Morgan fingerprint density at radius 1 is 1.36 bits per heavy atom. The molecule has 122 valence electrons. The third-order valence-corrected chi connectivity index (χ3v) is 5.11. The number of nitrogens with one attached hydrogen (secondary N) is 1. The van der Waals surface area contributed by atoms with Crippen LogP contribution < -0.4 is 5.32 Å². The molecule has 0 heterocycles. The number of carbonyl (C=O) groups excluding carboxylic acids is 1. The SMILES string of the molecule is CN(CC(C)(C)O)C(=O)Nc1ccccc1SC1CCCC1. The molecule has 1 aromatic rings. The minimum atomic E-state index is -0.899. The third kappa shape index (κ3) is 5.21. The summed E-state index contributed by atoms with van der Waals surface area (Å²) in [6, 6.07) is 7.75. The van der Waals surface area contributed by atoms with Gasteiger partial charge in [-0.3, -0.25) is 0 Å². The van der Waals surface area contributed by atoms with Crippen molar-refractivity contribution in [2.45, 2.75) is 55.3 Å². The van der Waals surface area contributed by atoms with Crippen LogP contribution in [-0.4, -0.2) is 40.5 Å². The average Bonchev–Trinajstić information content (AvgIpc) is 2.92. The third-order valence-electron chi connectivity index (χ3n) is 3.70. The lowest BCUT2D eigenvalue weighted by Crippen LogP contribution is -2.41. The molecular weight excluding hydrogens is 296 g/mol. The van der Waals surface area contributed by atoms with E-state index in [1.807, 2.05) is 30.0 Å².